The molecule has 0 saturated carbocycles. The normalized spacial score (nSPS) is 15.7. The summed E-state index contributed by atoms with van der Waals surface area (Å²) in [6, 6.07) is 9.49. The van der Waals surface area contributed by atoms with Crippen molar-refractivity contribution in [2.24, 2.45) is 0 Å². The Bertz CT molecular complexity index is 872. The zero-order valence-corrected chi connectivity index (χ0v) is 14.8. The number of rotatable bonds is 4. The number of phenolic OH excluding ortho intramolecular Hbond substituents is 2. The molecule has 0 saturated heterocycles. The summed E-state index contributed by atoms with van der Waals surface area (Å²) in [5, 5.41) is 19.8. The average molecular weight is 352 g/mol. The van der Waals surface area contributed by atoms with Crippen LogP contribution in [0.5, 0.6) is 23.0 Å². The van der Waals surface area contributed by atoms with Crippen molar-refractivity contribution in [3.05, 3.63) is 70.8 Å². The second-order valence-electron chi connectivity index (χ2n) is 5.91. The predicted molar refractivity (Wildman–Crippen MR) is 97.7 cm³/mol. The van der Waals surface area contributed by atoms with Gasteiger partial charge in [-0.05, 0) is 43.7 Å². The van der Waals surface area contributed by atoms with Crippen LogP contribution >= 0.6 is 0 Å². The maximum atomic E-state index is 11.7. The number of phenols is 2. The van der Waals surface area contributed by atoms with E-state index in [9.17, 15) is 15.0 Å². The molecule has 5 nitrogen and oxygen atoms in total. The van der Waals surface area contributed by atoms with Gasteiger partial charge in [0.15, 0.2) is 5.60 Å². The molecule has 5 heteroatoms. The molecule has 2 aromatic rings. The minimum absolute atomic E-state index is 0.0426. The molecule has 2 N–H and O–H groups in total. The highest BCUT2D eigenvalue weighted by Gasteiger charge is 2.46. The number of fused-ring (bicyclic) bond motifs is 2. The van der Waals surface area contributed by atoms with Crippen LogP contribution in [0.1, 0.15) is 25.0 Å². The molecule has 0 aromatic heterocycles. The fourth-order valence-corrected chi connectivity index (χ4v) is 3.52. The first-order valence-corrected chi connectivity index (χ1v) is 8.20. The molecule has 0 bridgehead atoms. The molecule has 0 amide bonds. The predicted octanol–water partition coefficient (Wildman–Crippen LogP) is 4.19. The Morgan fingerprint density at radius 2 is 1.54 bits per heavy atom. The highest BCUT2D eigenvalue weighted by Crippen LogP contribution is 2.54. The number of methoxy groups -OCH3 is 1. The SMILES string of the molecule is C/C=C(C=O)\C(=C/C)C1(OC)c2ccc(O)cc2Oc2cc(O)ccc21. The zero-order valence-electron chi connectivity index (χ0n) is 14.8. The van der Waals surface area contributed by atoms with Crippen LogP contribution in [0.2, 0.25) is 0 Å². The second-order valence-corrected chi connectivity index (χ2v) is 5.91. The van der Waals surface area contributed by atoms with Gasteiger partial charge in [-0.1, -0.05) is 12.2 Å². The Balaban J connectivity index is 2.42. The van der Waals surface area contributed by atoms with Crippen molar-refractivity contribution >= 4 is 6.29 Å². The van der Waals surface area contributed by atoms with Gasteiger partial charge in [0.25, 0.3) is 0 Å². The van der Waals surface area contributed by atoms with E-state index in [1.165, 1.54) is 12.1 Å². The largest absolute Gasteiger partial charge is 0.508 e. The van der Waals surface area contributed by atoms with Crippen LogP contribution in [-0.2, 0) is 15.1 Å². The summed E-state index contributed by atoms with van der Waals surface area (Å²) in [6.45, 7) is 3.62. The first-order valence-electron chi connectivity index (χ1n) is 8.20. The highest BCUT2D eigenvalue weighted by molar-refractivity contribution is 5.83. The van der Waals surface area contributed by atoms with Gasteiger partial charge in [0.2, 0.25) is 0 Å². The Labute approximate surface area is 151 Å². The van der Waals surface area contributed by atoms with Gasteiger partial charge < -0.3 is 19.7 Å². The first-order chi connectivity index (χ1) is 12.5. The van der Waals surface area contributed by atoms with Gasteiger partial charge in [-0.2, -0.15) is 0 Å². The van der Waals surface area contributed by atoms with Crippen LogP contribution in [0.4, 0.5) is 0 Å². The molecule has 0 aliphatic carbocycles. The highest BCUT2D eigenvalue weighted by atomic mass is 16.5. The lowest BCUT2D eigenvalue weighted by atomic mass is 9.74. The van der Waals surface area contributed by atoms with Crippen molar-refractivity contribution in [2.75, 3.05) is 7.11 Å². The molecule has 0 atom stereocenters. The van der Waals surface area contributed by atoms with E-state index in [4.69, 9.17) is 9.47 Å². The van der Waals surface area contributed by atoms with E-state index in [2.05, 4.69) is 0 Å². The first kappa shape index (κ1) is 17.8. The lowest BCUT2D eigenvalue weighted by Crippen LogP contribution is -2.36. The summed E-state index contributed by atoms with van der Waals surface area (Å²) in [5.41, 5.74) is 1.33. The summed E-state index contributed by atoms with van der Waals surface area (Å²) in [6.07, 6.45) is 4.33. The molecule has 134 valence electrons. The number of ether oxygens (including phenoxy) is 2. The monoisotopic (exact) mass is 352 g/mol. The van der Waals surface area contributed by atoms with Crippen LogP contribution in [0.3, 0.4) is 0 Å². The summed E-state index contributed by atoms with van der Waals surface area (Å²) in [7, 11) is 1.56. The van der Waals surface area contributed by atoms with Gasteiger partial charge in [-0.25, -0.2) is 0 Å². The molecule has 0 spiro atoms. The molecule has 3 rings (SSSR count). The van der Waals surface area contributed by atoms with E-state index >= 15 is 0 Å². The maximum Gasteiger partial charge on any atom is 0.150 e. The number of carbonyl (C=O) groups excluding carboxylic acids is 1. The van der Waals surface area contributed by atoms with Crippen molar-refractivity contribution in [3.63, 3.8) is 0 Å². The minimum Gasteiger partial charge on any atom is -0.508 e. The smallest absolute Gasteiger partial charge is 0.150 e. The molecule has 1 aliphatic rings. The van der Waals surface area contributed by atoms with Gasteiger partial charge in [0.1, 0.15) is 29.3 Å². The molecule has 0 radical (unpaired) electrons. The van der Waals surface area contributed by atoms with Crippen molar-refractivity contribution in [2.45, 2.75) is 19.4 Å². The third-order valence-corrected chi connectivity index (χ3v) is 4.63. The molecule has 26 heavy (non-hydrogen) atoms. The van der Waals surface area contributed by atoms with Crippen molar-refractivity contribution < 1.29 is 24.5 Å². The van der Waals surface area contributed by atoms with Gasteiger partial charge in [-0.15, -0.1) is 0 Å². The zero-order chi connectivity index (χ0) is 18.9. The van der Waals surface area contributed by atoms with Crippen LogP contribution < -0.4 is 4.74 Å². The lowest BCUT2D eigenvalue weighted by molar-refractivity contribution is -0.105. The number of hydrogen-bond donors (Lipinski definition) is 2. The molecular formula is C21H20O5. The van der Waals surface area contributed by atoms with Crippen molar-refractivity contribution in [1.82, 2.24) is 0 Å². The summed E-state index contributed by atoms with van der Waals surface area (Å²) < 4.78 is 11.9. The Morgan fingerprint density at radius 1 is 1.00 bits per heavy atom. The maximum absolute atomic E-state index is 11.7. The van der Waals surface area contributed by atoms with E-state index in [0.29, 0.717) is 33.8 Å². The van der Waals surface area contributed by atoms with Crippen LogP contribution in [0.15, 0.2) is 59.7 Å². The van der Waals surface area contributed by atoms with E-state index in [1.807, 2.05) is 13.0 Å². The van der Waals surface area contributed by atoms with Crippen LogP contribution in [0, 0.1) is 0 Å². The second kappa shape index (κ2) is 6.69. The van der Waals surface area contributed by atoms with Crippen LogP contribution in [0.25, 0.3) is 0 Å². The van der Waals surface area contributed by atoms with Gasteiger partial charge in [-0.3, -0.25) is 4.79 Å². The number of allylic oxidation sites excluding steroid dienone is 2. The van der Waals surface area contributed by atoms with Gasteiger partial charge in [0, 0.05) is 35.9 Å². The summed E-state index contributed by atoms with van der Waals surface area (Å²) >= 11 is 0. The quantitative estimate of drug-likeness (QED) is 0.490. The van der Waals surface area contributed by atoms with E-state index in [-0.39, 0.29) is 11.5 Å². The van der Waals surface area contributed by atoms with Crippen LogP contribution in [-0.4, -0.2) is 23.6 Å². The molecule has 0 unspecified atom stereocenters. The number of aromatic hydroxyl groups is 2. The minimum atomic E-state index is -1.12. The topological polar surface area (TPSA) is 76.0 Å². The summed E-state index contributed by atoms with van der Waals surface area (Å²) in [5.74, 6) is 0.873. The summed E-state index contributed by atoms with van der Waals surface area (Å²) in [4.78, 5) is 11.7. The lowest BCUT2D eigenvalue weighted by Gasteiger charge is -2.41. The third-order valence-electron chi connectivity index (χ3n) is 4.63. The fraction of sp³-hybridized carbons (Fsp3) is 0.190. The number of carbonyl (C=O) groups is 1. The number of benzene rings is 2. The fourth-order valence-electron chi connectivity index (χ4n) is 3.52. The van der Waals surface area contributed by atoms with Gasteiger partial charge in [0.05, 0.1) is 0 Å². The molecule has 1 heterocycles. The Kier molecular flexibility index (Phi) is 4.57. The molecule has 2 aromatic carbocycles. The Morgan fingerprint density at radius 3 is 1.92 bits per heavy atom. The van der Waals surface area contributed by atoms with Crippen molar-refractivity contribution in [3.8, 4) is 23.0 Å². The standard InChI is InChI=1S/C21H20O5/c1-4-13(12-22)16(5-2)21(25-3)17-8-6-14(23)10-19(17)26-20-11-15(24)7-9-18(20)21/h4-12,23-24H,1-3H3/b13-4-,16-5+. The van der Waals surface area contributed by atoms with E-state index in [1.54, 1.807) is 44.4 Å². The molecular weight excluding hydrogens is 332 g/mol. The molecule has 0 fully saturated rings. The van der Waals surface area contributed by atoms with E-state index < -0.39 is 5.60 Å². The van der Waals surface area contributed by atoms with Crippen molar-refractivity contribution in [1.29, 1.82) is 0 Å². The Hall–Kier alpha value is -3.05. The van der Waals surface area contributed by atoms with Gasteiger partial charge >= 0.3 is 0 Å². The molecule has 1 aliphatic heterocycles. The third kappa shape index (κ3) is 2.48. The average Bonchev–Trinajstić information content (AvgIpc) is 2.64. The van der Waals surface area contributed by atoms with E-state index in [0.717, 1.165) is 6.29 Å². The number of aldehydes is 1. The number of hydrogen-bond acceptors (Lipinski definition) is 5.